The quantitative estimate of drug-likeness (QED) is 0.839. The average molecular weight is 260 g/mol. The lowest BCUT2D eigenvalue weighted by Gasteiger charge is -2.22. The Bertz CT molecular complexity index is 535. The van der Waals surface area contributed by atoms with Gasteiger partial charge in [-0.25, -0.2) is 0 Å². The highest BCUT2D eigenvalue weighted by atomic mass is 16.2. The highest BCUT2D eigenvalue weighted by Gasteiger charge is 2.30. The molecule has 19 heavy (non-hydrogen) atoms. The van der Waals surface area contributed by atoms with Crippen LogP contribution in [0.5, 0.6) is 0 Å². The van der Waals surface area contributed by atoms with E-state index in [4.69, 9.17) is 5.73 Å². The minimum absolute atomic E-state index is 0.0702. The molecule has 0 aromatic heterocycles. The maximum atomic E-state index is 12.5. The Morgan fingerprint density at radius 3 is 2.74 bits per heavy atom. The van der Waals surface area contributed by atoms with Crippen molar-refractivity contribution in [2.45, 2.75) is 26.7 Å². The van der Waals surface area contributed by atoms with Crippen molar-refractivity contribution < 1.29 is 9.59 Å². The monoisotopic (exact) mass is 260 g/mol. The molecule has 1 aliphatic rings. The summed E-state index contributed by atoms with van der Waals surface area (Å²) in [5, 5.41) is 0. The fourth-order valence-corrected chi connectivity index (χ4v) is 2.48. The van der Waals surface area contributed by atoms with Gasteiger partial charge >= 0.3 is 0 Å². The minimum Gasteiger partial charge on any atom is -0.330 e. The third kappa shape index (κ3) is 2.40. The van der Waals surface area contributed by atoms with Gasteiger partial charge in [0.15, 0.2) is 5.78 Å². The van der Waals surface area contributed by atoms with Crippen molar-refractivity contribution in [1.29, 1.82) is 0 Å². The molecule has 1 aromatic rings. The Balaban J connectivity index is 2.32. The van der Waals surface area contributed by atoms with Crippen LogP contribution >= 0.6 is 0 Å². The molecule has 2 N–H and O–H groups in total. The highest BCUT2D eigenvalue weighted by molar-refractivity contribution is 6.04. The van der Waals surface area contributed by atoms with E-state index in [0.717, 1.165) is 11.3 Å². The molecule has 2 rings (SSSR count). The summed E-state index contributed by atoms with van der Waals surface area (Å²) in [4.78, 5) is 25.7. The van der Waals surface area contributed by atoms with E-state index in [-0.39, 0.29) is 11.7 Å². The Morgan fingerprint density at radius 2 is 2.11 bits per heavy atom. The van der Waals surface area contributed by atoms with Crippen molar-refractivity contribution in [2.75, 3.05) is 18.5 Å². The molecule has 0 saturated heterocycles. The molecular weight excluding hydrogens is 240 g/mol. The number of amides is 1. The Morgan fingerprint density at radius 1 is 1.42 bits per heavy atom. The molecule has 102 valence electrons. The predicted octanol–water partition coefficient (Wildman–Crippen LogP) is 1.76. The lowest BCUT2D eigenvalue weighted by Crippen LogP contribution is -2.27. The van der Waals surface area contributed by atoms with E-state index in [0.29, 0.717) is 24.9 Å². The van der Waals surface area contributed by atoms with Gasteiger partial charge in [0.25, 0.3) is 0 Å². The van der Waals surface area contributed by atoms with E-state index in [1.54, 1.807) is 18.0 Å². The number of carbonyl (C=O) groups excluding carboxylic acids is 2. The van der Waals surface area contributed by atoms with Crippen LogP contribution < -0.4 is 10.6 Å². The van der Waals surface area contributed by atoms with Crippen molar-refractivity contribution in [3.63, 3.8) is 0 Å². The molecule has 0 saturated carbocycles. The van der Waals surface area contributed by atoms with E-state index in [1.807, 2.05) is 26.0 Å². The number of fused-ring (bicyclic) bond motifs is 1. The third-order valence-corrected chi connectivity index (χ3v) is 3.80. The average Bonchev–Trinajstić information content (AvgIpc) is 2.63. The first-order chi connectivity index (χ1) is 8.86. The number of hydrogen-bond acceptors (Lipinski definition) is 3. The van der Waals surface area contributed by atoms with Gasteiger partial charge < -0.3 is 10.6 Å². The number of rotatable bonds is 4. The standard InChI is InChI=1S/C15H20N2O2/c1-15(2,6-7-16)14(19)10-4-5-12-11(8-10)9-13(18)17(12)3/h4-5,8H,6-7,9,16H2,1-3H3. The summed E-state index contributed by atoms with van der Waals surface area (Å²) in [5.41, 5.74) is 7.59. The van der Waals surface area contributed by atoms with E-state index >= 15 is 0 Å². The fraction of sp³-hybridized carbons (Fsp3) is 0.467. The lowest BCUT2D eigenvalue weighted by molar-refractivity contribution is -0.117. The number of carbonyl (C=O) groups is 2. The van der Waals surface area contributed by atoms with Crippen molar-refractivity contribution >= 4 is 17.4 Å². The number of likely N-dealkylation sites (N-methyl/N-ethyl adjacent to an activating group) is 1. The van der Waals surface area contributed by atoms with Gasteiger partial charge in [0.1, 0.15) is 0 Å². The molecule has 4 nitrogen and oxygen atoms in total. The zero-order valence-corrected chi connectivity index (χ0v) is 11.7. The molecular formula is C15H20N2O2. The summed E-state index contributed by atoms with van der Waals surface area (Å²) in [7, 11) is 1.76. The highest BCUT2D eigenvalue weighted by Crippen LogP contribution is 2.31. The van der Waals surface area contributed by atoms with Gasteiger partial charge in [0.05, 0.1) is 6.42 Å². The number of Topliss-reactive ketones (excluding diaryl/α,β-unsaturated/α-hetero) is 1. The third-order valence-electron chi connectivity index (χ3n) is 3.80. The molecule has 0 unspecified atom stereocenters. The normalized spacial score (nSPS) is 14.7. The molecule has 0 atom stereocenters. The largest absolute Gasteiger partial charge is 0.330 e. The first-order valence-electron chi connectivity index (χ1n) is 6.51. The molecule has 0 bridgehead atoms. The molecule has 1 aliphatic heterocycles. The van der Waals surface area contributed by atoms with Gasteiger partial charge in [-0.3, -0.25) is 9.59 Å². The maximum Gasteiger partial charge on any atom is 0.231 e. The van der Waals surface area contributed by atoms with Gasteiger partial charge in [-0.05, 0) is 36.7 Å². The molecule has 0 radical (unpaired) electrons. The van der Waals surface area contributed by atoms with Gasteiger partial charge in [0, 0.05) is 23.7 Å². The molecule has 4 heteroatoms. The zero-order valence-electron chi connectivity index (χ0n) is 11.7. The van der Waals surface area contributed by atoms with Crippen LogP contribution in [0.25, 0.3) is 0 Å². The van der Waals surface area contributed by atoms with Gasteiger partial charge in [-0.15, -0.1) is 0 Å². The van der Waals surface area contributed by atoms with Crippen molar-refractivity contribution in [3.05, 3.63) is 29.3 Å². The van der Waals surface area contributed by atoms with Crippen LogP contribution in [-0.4, -0.2) is 25.3 Å². The van der Waals surface area contributed by atoms with Gasteiger partial charge in [0.2, 0.25) is 5.91 Å². The van der Waals surface area contributed by atoms with Crippen LogP contribution in [0.3, 0.4) is 0 Å². The Kier molecular flexibility index (Phi) is 3.45. The molecule has 0 spiro atoms. The van der Waals surface area contributed by atoms with Crippen LogP contribution in [0.1, 0.15) is 36.2 Å². The Hall–Kier alpha value is -1.68. The second-order valence-electron chi connectivity index (χ2n) is 5.72. The van der Waals surface area contributed by atoms with E-state index in [9.17, 15) is 9.59 Å². The van der Waals surface area contributed by atoms with Crippen molar-refractivity contribution in [3.8, 4) is 0 Å². The van der Waals surface area contributed by atoms with Crippen LogP contribution in [0, 0.1) is 5.41 Å². The predicted molar refractivity (Wildman–Crippen MR) is 75.3 cm³/mol. The van der Waals surface area contributed by atoms with Crippen LogP contribution in [0.4, 0.5) is 5.69 Å². The first kappa shape index (κ1) is 13.7. The lowest BCUT2D eigenvalue weighted by atomic mass is 9.81. The number of ketones is 1. The summed E-state index contributed by atoms with van der Waals surface area (Å²) in [6.45, 7) is 4.31. The smallest absolute Gasteiger partial charge is 0.231 e. The van der Waals surface area contributed by atoms with Crippen LogP contribution in [0.15, 0.2) is 18.2 Å². The number of benzene rings is 1. The number of hydrogen-bond donors (Lipinski definition) is 1. The second kappa shape index (κ2) is 4.78. The van der Waals surface area contributed by atoms with E-state index in [1.165, 1.54) is 0 Å². The second-order valence-corrected chi connectivity index (χ2v) is 5.72. The summed E-state index contributed by atoms with van der Waals surface area (Å²) < 4.78 is 0. The van der Waals surface area contributed by atoms with Crippen molar-refractivity contribution in [1.82, 2.24) is 0 Å². The minimum atomic E-state index is -0.461. The SMILES string of the molecule is CN1C(=O)Cc2cc(C(=O)C(C)(C)CCN)ccc21. The summed E-state index contributed by atoms with van der Waals surface area (Å²) >= 11 is 0. The van der Waals surface area contributed by atoms with E-state index in [2.05, 4.69) is 0 Å². The summed E-state index contributed by atoms with van der Waals surface area (Å²) in [6, 6.07) is 5.50. The molecule has 0 fully saturated rings. The molecule has 0 aliphatic carbocycles. The number of anilines is 1. The first-order valence-corrected chi connectivity index (χ1v) is 6.51. The van der Waals surface area contributed by atoms with Crippen LogP contribution in [0.2, 0.25) is 0 Å². The molecule has 1 amide bonds. The van der Waals surface area contributed by atoms with Gasteiger partial charge in [-0.2, -0.15) is 0 Å². The molecule has 1 aromatic carbocycles. The Labute approximate surface area is 113 Å². The fourth-order valence-electron chi connectivity index (χ4n) is 2.48. The van der Waals surface area contributed by atoms with E-state index < -0.39 is 5.41 Å². The number of nitrogens with two attached hydrogens (primary N) is 1. The topological polar surface area (TPSA) is 63.4 Å². The summed E-state index contributed by atoms with van der Waals surface area (Å²) in [6.07, 6.45) is 1.03. The number of nitrogens with zero attached hydrogens (tertiary/aromatic N) is 1. The molecule has 1 heterocycles. The summed E-state index contributed by atoms with van der Waals surface area (Å²) in [5.74, 6) is 0.156. The maximum absolute atomic E-state index is 12.5. The van der Waals surface area contributed by atoms with Crippen LogP contribution in [-0.2, 0) is 11.2 Å². The van der Waals surface area contributed by atoms with Crippen molar-refractivity contribution in [2.24, 2.45) is 11.1 Å². The zero-order chi connectivity index (χ0) is 14.2. The van der Waals surface area contributed by atoms with Gasteiger partial charge in [-0.1, -0.05) is 13.8 Å².